The minimum Gasteiger partial charge on any atom is -0.481 e. The van der Waals surface area contributed by atoms with E-state index in [1.54, 1.807) is 12.3 Å². The van der Waals surface area contributed by atoms with Crippen LogP contribution in [0.1, 0.15) is 35.9 Å². The van der Waals surface area contributed by atoms with Gasteiger partial charge in [0.25, 0.3) is 0 Å². The Kier molecular flexibility index (Phi) is 7.30. The van der Waals surface area contributed by atoms with Gasteiger partial charge in [-0.15, -0.1) is 0 Å². The lowest BCUT2D eigenvalue weighted by Gasteiger charge is -2.32. The largest absolute Gasteiger partial charge is 0.481 e. The summed E-state index contributed by atoms with van der Waals surface area (Å²) in [6, 6.07) is 7.16. The number of benzene rings is 1. The Hall–Kier alpha value is -3.93. The van der Waals surface area contributed by atoms with Crippen molar-refractivity contribution < 1.29 is 32.2 Å². The lowest BCUT2D eigenvalue weighted by atomic mass is 9.95. The number of anilines is 2. The second-order valence-corrected chi connectivity index (χ2v) is 9.71. The molecule has 0 bridgehead atoms. The zero-order valence-electron chi connectivity index (χ0n) is 21.4. The third-order valence-electron chi connectivity index (χ3n) is 7.15. The molecule has 2 aliphatic rings. The fourth-order valence-corrected chi connectivity index (χ4v) is 5.19. The topological polar surface area (TPSA) is 106 Å². The summed E-state index contributed by atoms with van der Waals surface area (Å²) in [5.74, 6) is -1.39. The van der Waals surface area contributed by atoms with Crippen molar-refractivity contribution >= 4 is 34.2 Å². The summed E-state index contributed by atoms with van der Waals surface area (Å²) in [4.78, 5) is 34.0. The zero-order chi connectivity index (χ0) is 27.7. The quantitative estimate of drug-likeness (QED) is 0.463. The first-order valence-corrected chi connectivity index (χ1v) is 12.5. The van der Waals surface area contributed by atoms with Gasteiger partial charge in [0.05, 0.1) is 42.6 Å². The summed E-state index contributed by atoms with van der Waals surface area (Å²) in [5, 5.41) is 5.77. The first kappa shape index (κ1) is 26.7. The van der Waals surface area contributed by atoms with Gasteiger partial charge in [-0.3, -0.25) is 14.6 Å². The summed E-state index contributed by atoms with van der Waals surface area (Å²) in [6.07, 6.45) is -2.36. The van der Waals surface area contributed by atoms with Crippen molar-refractivity contribution in [3.8, 4) is 5.88 Å². The monoisotopic (exact) mass is 543 g/mol. The summed E-state index contributed by atoms with van der Waals surface area (Å²) < 4.78 is 53.3. The standard InChI is InChI=1S/C27H28F3N5O4/c1-35(26(37)17-11-21(36)32-12-17)25(27(28,29)30)15-3-5-18(6-4-15)33-20-13-31-19-7-8-22(38-2)34-24(19)23(20)16-9-10-39-14-16/h3-8,13,16-17,25,33H,9-12,14H2,1-2H3,(H,32,36)/t16-,17+,25-/m0/s1. The van der Waals surface area contributed by atoms with Gasteiger partial charge in [0, 0.05) is 49.9 Å². The SMILES string of the molecule is COc1ccc2ncc(Nc3ccc([C@H](N(C)C(=O)[C@H]4CNC(=O)C4)C(F)(F)F)cc3)c([C@H]3CCOC3)c2n1. The molecule has 5 rings (SSSR count). The minimum absolute atomic E-state index is 0.0321. The van der Waals surface area contributed by atoms with E-state index in [-0.39, 0.29) is 30.4 Å². The van der Waals surface area contributed by atoms with Gasteiger partial charge in [-0.05, 0) is 30.2 Å². The van der Waals surface area contributed by atoms with E-state index in [0.29, 0.717) is 46.4 Å². The third kappa shape index (κ3) is 5.47. The molecule has 2 aliphatic heterocycles. The van der Waals surface area contributed by atoms with Gasteiger partial charge in [-0.1, -0.05) is 12.1 Å². The first-order chi connectivity index (χ1) is 18.7. The van der Waals surface area contributed by atoms with E-state index in [2.05, 4.69) is 20.6 Å². The predicted molar refractivity (Wildman–Crippen MR) is 137 cm³/mol. The van der Waals surface area contributed by atoms with Crippen molar-refractivity contribution in [3.05, 3.63) is 53.7 Å². The molecule has 4 heterocycles. The van der Waals surface area contributed by atoms with Crippen molar-refractivity contribution in [1.29, 1.82) is 0 Å². The molecule has 2 fully saturated rings. The Balaban J connectivity index is 1.43. The molecule has 2 N–H and O–H groups in total. The Bertz CT molecular complexity index is 1380. The number of carbonyl (C=O) groups is 2. The van der Waals surface area contributed by atoms with E-state index in [9.17, 15) is 22.8 Å². The average Bonchev–Trinajstić information content (AvgIpc) is 3.60. The number of nitrogens with one attached hydrogen (secondary N) is 2. The Morgan fingerprint density at radius 2 is 2.00 bits per heavy atom. The number of hydrogen-bond acceptors (Lipinski definition) is 7. The normalized spacial score (nSPS) is 20.1. The maximum Gasteiger partial charge on any atom is 0.413 e. The van der Waals surface area contributed by atoms with Crippen LogP contribution in [0.25, 0.3) is 11.0 Å². The highest BCUT2D eigenvalue weighted by Gasteiger charge is 2.46. The van der Waals surface area contributed by atoms with Crippen LogP contribution in [0.3, 0.4) is 0 Å². The van der Waals surface area contributed by atoms with Gasteiger partial charge in [-0.2, -0.15) is 13.2 Å². The van der Waals surface area contributed by atoms with Crippen LogP contribution in [0.4, 0.5) is 24.5 Å². The van der Waals surface area contributed by atoms with Crippen LogP contribution in [0.5, 0.6) is 5.88 Å². The van der Waals surface area contributed by atoms with Crippen molar-refractivity contribution in [2.75, 3.05) is 39.2 Å². The number of halogens is 3. The molecule has 0 spiro atoms. The molecule has 0 unspecified atom stereocenters. The number of carbonyl (C=O) groups excluding carboxylic acids is 2. The van der Waals surface area contributed by atoms with Crippen LogP contribution in [0.2, 0.25) is 0 Å². The van der Waals surface area contributed by atoms with Gasteiger partial charge in [0.1, 0.15) is 0 Å². The van der Waals surface area contributed by atoms with E-state index in [1.807, 2.05) is 6.07 Å². The van der Waals surface area contributed by atoms with Crippen molar-refractivity contribution in [3.63, 3.8) is 0 Å². The second-order valence-electron chi connectivity index (χ2n) is 9.71. The minimum atomic E-state index is -4.71. The summed E-state index contributed by atoms with van der Waals surface area (Å²) >= 11 is 0. The maximum atomic E-state index is 14.1. The molecule has 9 nitrogen and oxygen atoms in total. The summed E-state index contributed by atoms with van der Waals surface area (Å²) in [7, 11) is 2.65. The molecule has 206 valence electrons. The molecule has 0 aliphatic carbocycles. The van der Waals surface area contributed by atoms with E-state index in [4.69, 9.17) is 9.47 Å². The van der Waals surface area contributed by atoms with Crippen LogP contribution in [-0.4, -0.2) is 66.8 Å². The summed E-state index contributed by atoms with van der Waals surface area (Å²) in [6.45, 7) is 1.16. The highest BCUT2D eigenvalue weighted by Crippen LogP contribution is 2.40. The summed E-state index contributed by atoms with van der Waals surface area (Å²) in [5.41, 5.74) is 3.39. The molecule has 3 aromatic rings. The van der Waals surface area contributed by atoms with Crippen molar-refractivity contribution in [1.82, 2.24) is 20.2 Å². The van der Waals surface area contributed by atoms with E-state index < -0.39 is 24.0 Å². The number of pyridine rings is 2. The van der Waals surface area contributed by atoms with E-state index in [0.717, 1.165) is 19.0 Å². The molecule has 2 saturated heterocycles. The molecule has 0 saturated carbocycles. The number of rotatable bonds is 7. The second kappa shape index (κ2) is 10.7. The van der Waals surface area contributed by atoms with Gasteiger partial charge in [0.2, 0.25) is 17.7 Å². The van der Waals surface area contributed by atoms with E-state index >= 15 is 0 Å². The number of fused-ring (bicyclic) bond motifs is 1. The molecule has 2 aromatic heterocycles. The number of methoxy groups -OCH3 is 1. The molecule has 2 amide bonds. The van der Waals surface area contributed by atoms with Gasteiger partial charge >= 0.3 is 6.18 Å². The van der Waals surface area contributed by atoms with Crippen LogP contribution in [0, 0.1) is 5.92 Å². The molecule has 39 heavy (non-hydrogen) atoms. The fourth-order valence-electron chi connectivity index (χ4n) is 5.19. The van der Waals surface area contributed by atoms with Crippen molar-refractivity contribution in [2.24, 2.45) is 5.92 Å². The number of amides is 2. The molecular weight excluding hydrogens is 515 g/mol. The Morgan fingerprint density at radius 3 is 2.62 bits per heavy atom. The van der Waals surface area contributed by atoms with Crippen LogP contribution in [-0.2, 0) is 14.3 Å². The highest BCUT2D eigenvalue weighted by molar-refractivity contribution is 5.89. The highest BCUT2D eigenvalue weighted by atomic mass is 19.4. The van der Waals surface area contributed by atoms with Crippen LogP contribution >= 0.6 is 0 Å². The molecule has 12 heteroatoms. The van der Waals surface area contributed by atoms with Gasteiger partial charge in [-0.25, -0.2) is 4.98 Å². The smallest absolute Gasteiger partial charge is 0.413 e. The zero-order valence-corrected chi connectivity index (χ0v) is 21.4. The van der Waals surface area contributed by atoms with E-state index in [1.165, 1.54) is 31.4 Å². The molecule has 0 radical (unpaired) electrons. The first-order valence-electron chi connectivity index (χ1n) is 12.5. The Morgan fingerprint density at radius 1 is 1.23 bits per heavy atom. The van der Waals surface area contributed by atoms with Gasteiger partial charge in [0.15, 0.2) is 6.04 Å². The molecule has 1 aromatic carbocycles. The van der Waals surface area contributed by atoms with Crippen LogP contribution in [0.15, 0.2) is 42.6 Å². The number of hydrogen-bond donors (Lipinski definition) is 2. The third-order valence-corrected chi connectivity index (χ3v) is 7.15. The van der Waals surface area contributed by atoms with Crippen molar-refractivity contribution in [2.45, 2.75) is 31.0 Å². The molecule has 3 atom stereocenters. The maximum absolute atomic E-state index is 14.1. The number of nitrogens with zero attached hydrogens (tertiary/aromatic N) is 3. The molecular formula is C27H28F3N5O4. The average molecular weight is 544 g/mol. The predicted octanol–water partition coefficient (Wildman–Crippen LogP) is 4.08. The Labute approximate surface area is 222 Å². The lowest BCUT2D eigenvalue weighted by Crippen LogP contribution is -2.43. The number of ether oxygens (including phenoxy) is 2. The number of aromatic nitrogens is 2. The lowest BCUT2D eigenvalue weighted by molar-refractivity contribution is -0.190. The number of alkyl halides is 3. The van der Waals surface area contributed by atoms with Crippen LogP contribution < -0.4 is 15.4 Å². The fraction of sp³-hybridized carbons (Fsp3) is 0.407. The van der Waals surface area contributed by atoms with Gasteiger partial charge < -0.3 is 25.0 Å².